The third-order valence-electron chi connectivity index (χ3n) is 1.80. The topological polar surface area (TPSA) is 12.9 Å². The van der Waals surface area contributed by atoms with E-state index in [1.54, 1.807) is 0 Å². The molecule has 2 rings (SSSR count). The normalized spacial score (nSPS) is 8.56. The molecule has 0 atom stereocenters. The van der Waals surface area contributed by atoms with Crippen molar-refractivity contribution in [3.8, 4) is 0 Å². The van der Waals surface area contributed by atoms with E-state index in [1.807, 2.05) is 32.3 Å². The lowest BCUT2D eigenvalue weighted by Crippen LogP contribution is -1.75. The SMILES string of the molecule is CC.CCC.Cc1ccc2ccncc2c1. The molecule has 0 aliphatic heterocycles. The van der Waals surface area contributed by atoms with Gasteiger partial charge in [0.15, 0.2) is 0 Å². The molecule has 0 aliphatic rings. The fourth-order valence-electron chi connectivity index (χ4n) is 1.20. The standard InChI is InChI=1S/C10H9N.C3H8.C2H6/c1-8-2-3-9-4-5-11-7-10(9)6-8;1-3-2;1-2/h2-7H,1H3;3H2,1-2H3;1-2H3. The van der Waals surface area contributed by atoms with Crippen molar-refractivity contribution < 1.29 is 0 Å². The van der Waals surface area contributed by atoms with Crippen molar-refractivity contribution in [1.82, 2.24) is 4.98 Å². The van der Waals surface area contributed by atoms with Crippen molar-refractivity contribution in [3.05, 3.63) is 42.2 Å². The summed E-state index contributed by atoms with van der Waals surface area (Å²) < 4.78 is 0. The van der Waals surface area contributed by atoms with E-state index < -0.39 is 0 Å². The number of rotatable bonds is 0. The van der Waals surface area contributed by atoms with Gasteiger partial charge >= 0.3 is 0 Å². The molecule has 2 aromatic rings. The minimum Gasteiger partial charge on any atom is -0.264 e. The van der Waals surface area contributed by atoms with Crippen LogP contribution in [0.4, 0.5) is 0 Å². The first-order chi connectivity index (χ1) is 7.77. The molecule has 0 radical (unpaired) electrons. The molecule has 0 bridgehead atoms. The van der Waals surface area contributed by atoms with E-state index in [4.69, 9.17) is 0 Å². The average Bonchev–Trinajstić information content (AvgIpc) is 2.32. The summed E-state index contributed by atoms with van der Waals surface area (Å²) in [5, 5.41) is 2.47. The lowest BCUT2D eigenvalue weighted by Gasteiger charge is -1.96. The molecule has 1 nitrogen and oxygen atoms in total. The van der Waals surface area contributed by atoms with Crippen LogP contribution in [0.15, 0.2) is 36.7 Å². The molecular formula is C15H23N. The van der Waals surface area contributed by atoms with E-state index in [0.717, 1.165) is 0 Å². The van der Waals surface area contributed by atoms with Gasteiger partial charge in [-0.2, -0.15) is 0 Å². The average molecular weight is 217 g/mol. The molecule has 1 aromatic carbocycles. The van der Waals surface area contributed by atoms with Crippen LogP contribution in [0.2, 0.25) is 0 Å². The first-order valence-electron chi connectivity index (χ1n) is 6.08. The van der Waals surface area contributed by atoms with Gasteiger partial charge in [0.1, 0.15) is 0 Å². The van der Waals surface area contributed by atoms with Gasteiger partial charge in [0, 0.05) is 17.8 Å². The van der Waals surface area contributed by atoms with Crippen LogP contribution in [0.1, 0.15) is 39.7 Å². The minimum atomic E-state index is 1.22. The Balaban J connectivity index is 0.000000394. The Hall–Kier alpha value is -1.37. The second-order valence-corrected chi connectivity index (χ2v) is 3.43. The maximum Gasteiger partial charge on any atom is 0.0346 e. The van der Waals surface area contributed by atoms with Crippen LogP contribution in [-0.2, 0) is 0 Å². The molecule has 0 amide bonds. The van der Waals surface area contributed by atoms with E-state index in [0.29, 0.717) is 0 Å². The highest BCUT2D eigenvalue weighted by Crippen LogP contribution is 2.12. The Labute approximate surface area is 99.5 Å². The molecule has 88 valence electrons. The maximum atomic E-state index is 4.05. The van der Waals surface area contributed by atoms with Crippen LogP contribution in [0.5, 0.6) is 0 Å². The number of hydrogen-bond donors (Lipinski definition) is 0. The molecule has 0 saturated carbocycles. The second-order valence-electron chi connectivity index (χ2n) is 3.43. The van der Waals surface area contributed by atoms with Gasteiger partial charge < -0.3 is 0 Å². The number of aromatic nitrogens is 1. The minimum absolute atomic E-state index is 1.22. The Morgan fingerprint density at radius 2 is 1.62 bits per heavy atom. The van der Waals surface area contributed by atoms with Gasteiger partial charge in [-0.15, -0.1) is 0 Å². The Bertz CT molecular complexity index is 393. The Morgan fingerprint density at radius 1 is 1.00 bits per heavy atom. The van der Waals surface area contributed by atoms with E-state index in [2.05, 4.69) is 44.0 Å². The van der Waals surface area contributed by atoms with Gasteiger partial charge in [0.2, 0.25) is 0 Å². The van der Waals surface area contributed by atoms with Gasteiger partial charge in [-0.3, -0.25) is 4.98 Å². The lowest BCUT2D eigenvalue weighted by molar-refractivity contribution is 1.09. The van der Waals surface area contributed by atoms with Gasteiger partial charge in [-0.25, -0.2) is 0 Å². The van der Waals surface area contributed by atoms with Crippen LogP contribution in [0.3, 0.4) is 0 Å². The fourth-order valence-corrected chi connectivity index (χ4v) is 1.20. The molecule has 0 N–H and O–H groups in total. The van der Waals surface area contributed by atoms with Gasteiger partial charge in [-0.1, -0.05) is 51.8 Å². The van der Waals surface area contributed by atoms with E-state index >= 15 is 0 Å². The van der Waals surface area contributed by atoms with Crippen LogP contribution in [-0.4, -0.2) is 4.98 Å². The van der Waals surface area contributed by atoms with Crippen molar-refractivity contribution >= 4 is 10.8 Å². The zero-order chi connectivity index (χ0) is 12.4. The van der Waals surface area contributed by atoms with Gasteiger partial charge in [0.05, 0.1) is 0 Å². The summed E-state index contributed by atoms with van der Waals surface area (Å²) in [6.45, 7) is 10.3. The number of aryl methyl sites for hydroxylation is 1. The molecule has 1 heterocycles. The van der Waals surface area contributed by atoms with Crippen molar-refractivity contribution in [2.24, 2.45) is 0 Å². The van der Waals surface area contributed by atoms with E-state index in [-0.39, 0.29) is 0 Å². The zero-order valence-corrected chi connectivity index (χ0v) is 11.1. The molecule has 0 saturated heterocycles. The largest absolute Gasteiger partial charge is 0.264 e. The predicted octanol–water partition coefficient (Wildman–Crippen LogP) is 4.99. The number of benzene rings is 1. The summed E-state index contributed by atoms with van der Waals surface area (Å²) in [5.74, 6) is 0. The highest BCUT2D eigenvalue weighted by molar-refractivity contribution is 5.81. The molecule has 0 unspecified atom stereocenters. The quantitative estimate of drug-likeness (QED) is 0.606. The first kappa shape index (κ1) is 14.6. The Morgan fingerprint density at radius 3 is 2.25 bits per heavy atom. The van der Waals surface area contributed by atoms with Crippen LogP contribution in [0.25, 0.3) is 10.8 Å². The van der Waals surface area contributed by atoms with Crippen molar-refractivity contribution in [3.63, 3.8) is 0 Å². The van der Waals surface area contributed by atoms with Crippen molar-refractivity contribution in [2.75, 3.05) is 0 Å². The highest BCUT2D eigenvalue weighted by atomic mass is 14.6. The van der Waals surface area contributed by atoms with Crippen LogP contribution >= 0.6 is 0 Å². The number of pyridine rings is 1. The Kier molecular flexibility index (Phi) is 8.14. The molecule has 1 aromatic heterocycles. The number of nitrogens with zero attached hydrogens (tertiary/aromatic N) is 1. The highest BCUT2D eigenvalue weighted by Gasteiger charge is 1.90. The molecule has 0 spiro atoms. The summed E-state index contributed by atoms with van der Waals surface area (Å²) in [4.78, 5) is 4.05. The van der Waals surface area contributed by atoms with Gasteiger partial charge in [0.25, 0.3) is 0 Å². The fraction of sp³-hybridized carbons (Fsp3) is 0.400. The summed E-state index contributed by atoms with van der Waals surface area (Å²) in [6, 6.07) is 8.39. The van der Waals surface area contributed by atoms with E-state index in [1.165, 1.54) is 22.8 Å². The molecule has 0 fully saturated rings. The number of hydrogen-bond acceptors (Lipinski definition) is 1. The van der Waals surface area contributed by atoms with Crippen LogP contribution < -0.4 is 0 Å². The summed E-state index contributed by atoms with van der Waals surface area (Å²) in [5.41, 5.74) is 1.28. The third-order valence-corrected chi connectivity index (χ3v) is 1.80. The lowest BCUT2D eigenvalue weighted by atomic mass is 10.1. The maximum absolute atomic E-state index is 4.05. The van der Waals surface area contributed by atoms with E-state index in [9.17, 15) is 0 Å². The molecular weight excluding hydrogens is 194 g/mol. The second kappa shape index (κ2) is 8.90. The zero-order valence-electron chi connectivity index (χ0n) is 11.1. The van der Waals surface area contributed by atoms with Gasteiger partial charge in [-0.05, 0) is 24.4 Å². The first-order valence-corrected chi connectivity index (χ1v) is 6.08. The number of fused-ring (bicyclic) bond motifs is 1. The molecule has 0 aliphatic carbocycles. The molecule has 16 heavy (non-hydrogen) atoms. The smallest absolute Gasteiger partial charge is 0.0346 e. The summed E-state index contributed by atoms with van der Waals surface area (Å²) in [6.07, 6.45) is 4.96. The van der Waals surface area contributed by atoms with Crippen molar-refractivity contribution in [1.29, 1.82) is 0 Å². The van der Waals surface area contributed by atoms with Crippen molar-refractivity contribution in [2.45, 2.75) is 41.0 Å². The predicted molar refractivity (Wildman–Crippen MR) is 73.8 cm³/mol. The monoisotopic (exact) mass is 217 g/mol. The molecule has 1 heteroatoms. The van der Waals surface area contributed by atoms with Crippen LogP contribution in [0, 0.1) is 6.92 Å². The summed E-state index contributed by atoms with van der Waals surface area (Å²) in [7, 11) is 0. The third kappa shape index (κ3) is 4.92. The summed E-state index contributed by atoms with van der Waals surface area (Å²) >= 11 is 0.